The van der Waals surface area contributed by atoms with E-state index in [-0.39, 0.29) is 11.8 Å². The number of aryl methyl sites for hydroxylation is 1. The number of halogens is 1. The van der Waals surface area contributed by atoms with Gasteiger partial charge in [-0.1, -0.05) is 59.3 Å². The van der Waals surface area contributed by atoms with Crippen LogP contribution in [0, 0.1) is 6.92 Å². The molecule has 0 aliphatic rings. The molecule has 4 nitrogen and oxygen atoms in total. The van der Waals surface area contributed by atoms with Gasteiger partial charge in [-0.05, 0) is 49.1 Å². The van der Waals surface area contributed by atoms with Gasteiger partial charge in [-0.2, -0.15) is 0 Å². The Morgan fingerprint density at radius 3 is 2.48 bits per heavy atom. The highest BCUT2D eigenvalue weighted by Crippen LogP contribution is 2.19. The van der Waals surface area contributed by atoms with Gasteiger partial charge in [-0.3, -0.25) is 9.59 Å². The van der Waals surface area contributed by atoms with Crippen LogP contribution in [0.15, 0.2) is 53.0 Å². The maximum Gasteiger partial charge on any atom is 0.242 e. The van der Waals surface area contributed by atoms with Gasteiger partial charge < -0.3 is 10.2 Å². The van der Waals surface area contributed by atoms with Crippen LogP contribution in [0.4, 0.5) is 0 Å². The third kappa shape index (κ3) is 7.52. The van der Waals surface area contributed by atoms with E-state index in [1.165, 1.54) is 5.56 Å². The maximum absolute atomic E-state index is 13.0. The van der Waals surface area contributed by atoms with Crippen molar-refractivity contribution in [1.29, 1.82) is 0 Å². The van der Waals surface area contributed by atoms with E-state index in [0.717, 1.165) is 27.8 Å². The third-order valence-electron chi connectivity index (χ3n) is 4.73. The maximum atomic E-state index is 13.0. The Morgan fingerprint density at radius 2 is 1.83 bits per heavy atom. The van der Waals surface area contributed by atoms with E-state index >= 15 is 0 Å². The molecular formula is C23H29BrN2O2S. The zero-order valence-electron chi connectivity index (χ0n) is 17.3. The molecule has 0 saturated heterocycles. The predicted octanol–water partition coefficient (Wildman–Crippen LogP) is 4.93. The van der Waals surface area contributed by atoms with Gasteiger partial charge in [0, 0.05) is 23.3 Å². The second-order valence-electron chi connectivity index (χ2n) is 7.03. The number of carbonyl (C=O) groups excluding carboxylic acids is 2. The van der Waals surface area contributed by atoms with Gasteiger partial charge in [0.05, 0.1) is 5.75 Å². The summed E-state index contributed by atoms with van der Waals surface area (Å²) in [5.41, 5.74) is 3.35. The molecule has 29 heavy (non-hydrogen) atoms. The molecule has 0 radical (unpaired) electrons. The van der Waals surface area contributed by atoms with Crippen LogP contribution in [0.25, 0.3) is 0 Å². The fraction of sp³-hybridized carbons (Fsp3) is 0.391. The van der Waals surface area contributed by atoms with Crippen molar-refractivity contribution in [3.05, 3.63) is 69.7 Å². The molecule has 2 aromatic carbocycles. The first-order valence-corrected chi connectivity index (χ1v) is 11.8. The van der Waals surface area contributed by atoms with Crippen LogP contribution in [0.2, 0.25) is 0 Å². The Hall–Kier alpha value is -1.79. The van der Waals surface area contributed by atoms with E-state index in [0.29, 0.717) is 18.8 Å². The van der Waals surface area contributed by atoms with Gasteiger partial charge in [0.15, 0.2) is 0 Å². The van der Waals surface area contributed by atoms with Crippen LogP contribution in [0.3, 0.4) is 0 Å². The summed E-state index contributed by atoms with van der Waals surface area (Å²) in [6.07, 6.45) is 0.868. The van der Waals surface area contributed by atoms with Gasteiger partial charge in [-0.25, -0.2) is 0 Å². The lowest BCUT2D eigenvalue weighted by Gasteiger charge is -2.29. The molecular weight excluding hydrogens is 448 g/mol. The Bertz CT molecular complexity index is 811. The highest BCUT2D eigenvalue weighted by Gasteiger charge is 2.26. The van der Waals surface area contributed by atoms with Gasteiger partial charge in [-0.15, -0.1) is 11.8 Å². The lowest BCUT2D eigenvalue weighted by atomic mass is 10.1. The van der Waals surface area contributed by atoms with E-state index in [1.54, 1.807) is 23.6 Å². The molecule has 2 amide bonds. The van der Waals surface area contributed by atoms with Crippen molar-refractivity contribution in [3.63, 3.8) is 0 Å². The van der Waals surface area contributed by atoms with Crippen molar-refractivity contribution in [2.24, 2.45) is 0 Å². The average molecular weight is 477 g/mol. The lowest BCUT2D eigenvalue weighted by Crippen LogP contribution is -2.48. The Morgan fingerprint density at radius 1 is 1.14 bits per heavy atom. The van der Waals surface area contributed by atoms with E-state index in [9.17, 15) is 9.59 Å². The van der Waals surface area contributed by atoms with E-state index in [2.05, 4.69) is 21.2 Å². The summed E-state index contributed by atoms with van der Waals surface area (Å²) >= 11 is 5.01. The molecule has 156 valence electrons. The van der Waals surface area contributed by atoms with Crippen molar-refractivity contribution in [3.8, 4) is 0 Å². The van der Waals surface area contributed by atoms with Crippen LogP contribution in [-0.2, 0) is 21.9 Å². The number of hydrogen-bond acceptors (Lipinski definition) is 3. The highest BCUT2D eigenvalue weighted by atomic mass is 79.9. The van der Waals surface area contributed by atoms with Crippen LogP contribution in [0.1, 0.15) is 37.0 Å². The predicted molar refractivity (Wildman–Crippen MR) is 125 cm³/mol. The van der Waals surface area contributed by atoms with Crippen molar-refractivity contribution in [2.75, 3.05) is 12.3 Å². The molecule has 0 fully saturated rings. The number of carbonyl (C=O) groups is 2. The number of rotatable bonds is 10. The number of benzene rings is 2. The summed E-state index contributed by atoms with van der Waals surface area (Å²) in [5.74, 6) is 0.974. The fourth-order valence-electron chi connectivity index (χ4n) is 2.87. The summed E-state index contributed by atoms with van der Waals surface area (Å²) in [4.78, 5) is 27.3. The van der Waals surface area contributed by atoms with Crippen LogP contribution < -0.4 is 5.32 Å². The quantitative estimate of drug-likeness (QED) is 0.528. The third-order valence-corrected chi connectivity index (χ3v) is 6.24. The first-order chi connectivity index (χ1) is 13.9. The molecule has 0 aliphatic heterocycles. The van der Waals surface area contributed by atoms with Gasteiger partial charge in [0.2, 0.25) is 11.8 Å². The van der Waals surface area contributed by atoms with Crippen molar-refractivity contribution >= 4 is 39.5 Å². The SMILES string of the molecule is CCCNC(=O)C(C)N(Cc1ccccc1C)C(=O)CSCc1ccc(Br)cc1. The second kappa shape index (κ2) is 12.0. The van der Waals surface area contributed by atoms with Gasteiger partial charge >= 0.3 is 0 Å². The minimum Gasteiger partial charge on any atom is -0.354 e. The number of amides is 2. The molecule has 2 rings (SSSR count). The Kier molecular flexibility index (Phi) is 9.74. The van der Waals surface area contributed by atoms with Gasteiger partial charge in [0.25, 0.3) is 0 Å². The van der Waals surface area contributed by atoms with Crippen molar-refractivity contribution in [1.82, 2.24) is 10.2 Å². The summed E-state index contributed by atoms with van der Waals surface area (Å²) in [6, 6.07) is 15.6. The molecule has 0 aromatic heterocycles. The number of nitrogens with zero attached hydrogens (tertiary/aromatic N) is 1. The van der Waals surface area contributed by atoms with Crippen LogP contribution >= 0.6 is 27.7 Å². The van der Waals surface area contributed by atoms with E-state index in [1.807, 2.05) is 62.4 Å². The molecule has 0 aliphatic carbocycles. The second-order valence-corrected chi connectivity index (χ2v) is 8.94. The summed E-state index contributed by atoms with van der Waals surface area (Å²) in [7, 11) is 0. The molecule has 0 bridgehead atoms. The Labute approximate surface area is 186 Å². The molecule has 0 spiro atoms. The van der Waals surface area contributed by atoms with Gasteiger partial charge in [0.1, 0.15) is 6.04 Å². The summed E-state index contributed by atoms with van der Waals surface area (Å²) in [6.45, 7) is 6.90. The number of hydrogen-bond donors (Lipinski definition) is 1. The monoisotopic (exact) mass is 476 g/mol. The first-order valence-electron chi connectivity index (χ1n) is 9.86. The zero-order chi connectivity index (χ0) is 21.2. The van der Waals surface area contributed by atoms with Crippen molar-refractivity contribution < 1.29 is 9.59 Å². The smallest absolute Gasteiger partial charge is 0.242 e. The normalized spacial score (nSPS) is 11.7. The van der Waals surface area contributed by atoms with Crippen LogP contribution in [-0.4, -0.2) is 35.1 Å². The fourth-order valence-corrected chi connectivity index (χ4v) is 4.00. The van der Waals surface area contributed by atoms with E-state index < -0.39 is 6.04 Å². The molecule has 0 heterocycles. The van der Waals surface area contributed by atoms with Crippen LogP contribution in [0.5, 0.6) is 0 Å². The standard InChI is InChI=1S/C23H29BrN2O2S/c1-4-13-25-23(28)18(3)26(14-20-8-6-5-7-17(20)2)22(27)16-29-15-19-9-11-21(24)12-10-19/h5-12,18H,4,13-16H2,1-3H3,(H,25,28). The highest BCUT2D eigenvalue weighted by molar-refractivity contribution is 9.10. The average Bonchev–Trinajstić information content (AvgIpc) is 2.72. The molecule has 1 unspecified atom stereocenters. The summed E-state index contributed by atoms with van der Waals surface area (Å²) < 4.78 is 1.04. The molecule has 1 atom stereocenters. The lowest BCUT2D eigenvalue weighted by molar-refractivity contribution is -0.138. The Balaban J connectivity index is 2.05. The molecule has 1 N–H and O–H groups in total. The topological polar surface area (TPSA) is 49.4 Å². The summed E-state index contributed by atoms with van der Waals surface area (Å²) in [5, 5.41) is 2.91. The minimum absolute atomic E-state index is 0.0190. The first kappa shape index (κ1) is 23.5. The number of thioether (sulfide) groups is 1. The molecule has 2 aromatic rings. The number of nitrogens with one attached hydrogen (secondary N) is 1. The zero-order valence-corrected chi connectivity index (χ0v) is 19.7. The molecule has 6 heteroatoms. The minimum atomic E-state index is -0.512. The largest absolute Gasteiger partial charge is 0.354 e. The van der Waals surface area contributed by atoms with E-state index in [4.69, 9.17) is 0 Å². The van der Waals surface area contributed by atoms with Crippen molar-refractivity contribution in [2.45, 2.75) is 45.5 Å². The molecule has 0 saturated carbocycles.